The van der Waals surface area contributed by atoms with Gasteiger partial charge >= 0.3 is 11.8 Å². The molecule has 0 atom stereocenters. The predicted octanol–water partition coefficient (Wildman–Crippen LogP) is -1.18. The molecule has 4 N–H and O–H groups in total. The Balaban J connectivity index is 2.48. The molecular weight excluding hydrogens is 222 g/mol. The molecule has 0 aromatic carbocycles. The number of aliphatic hydroxyl groups is 1. The molecule has 6 heteroatoms. The zero-order valence-corrected chi connectivity index (χ0v) is 10.0. The largest absolute Gasteiger partial charge is 0.396 e. The molecule has 17 heavy (non-hydrogen) atoms. The Morgan fingerprint density at radius 2 is 2.12 bits per heavy atom. The second-order valence-corrected chi connectivity index (χ2v) is 4.21. The Hall–Kier alpha value is -1.14. The minimum atomic E-state index is -0.597. The van der Waals surface area contributed by atoms with E-state index in [0.29, 0.717) is 26.1 Å². The van der Waals surface area contributed by atoms with E-state index in [-0.39, 0.29) is 12.6 Å². The van der Waals surface area contributed by atoms with Gasteiger partial charge in [0.2, 0.25) is 0 Å². The van der Waals surface area contributed by atoms with Gasteiger partial charge in [0.05, 0.1) is 0 Å². The first kappa shape index (κ1) is 13.9. The van der Waals surface area contributed by atoms with E-state index in [4.69, 9.17) is 10.8 Å². The Labute approximate surface area is 101 Å². The van der Waals surface area contributed by atoms with Crippen LogP contribution in [0, 0.1) is 0 Å². The number of rotatable bonds is 6. The van der Waals surface area contributed by atoms with Gasteiger partial charge in [-0.3, -0.25) is 9.59 Å². The lowest BCUT2D eigenvalue weighted by molar-refractivity contribution is -0.148. The van der Waals surface area contributed by atoms with Gasteiger partial charge in [-0.05, 0) is 25.7 Å². The molecule has 0 radical (unpaired) electrons. The minimum absolute atomic E-state index is 0.0287. The lowest BCUT2D eigenvalue weighted by Gasteiger charge is -2.37. The average Bonchev–Trinajstić information content (AvgIpc) is 2.27. The highest BCUT2D eigenvalue weighted by Gasteiger charge is 2.31. The summed E-state index contributed by atoms with van der Waals surface area (Å²) in [7, 11) is 0. The van der Waals surface area contributed by atoms with Gasteiger partial charge in [0, 0.05) is 32.3 Å². The molecule has 1 aliphatic carbocycles. The summed E-state index contributed by atoms with van der Waals surface area (Å²) in [4.78, 5) is 25.0. The molecule has 0 spiro atoms. The zero-order chi connectivity index (χ0) is 12.7. The molecule has 0 aromatic heterocycles. The van der Waals surface area contributed by atoms with Crippen molar-refractivity contribution in [3.8, 4) is 0 Å². The molecule has 1 rings (SSSR count). The number of hydrogen-bond donors (Lipinski definition) is 3. The lowest BCUT2D eigenvalue weighted by Crippen LogP contribution is -2.51. The lowest BCUT2D eigenvalue weighted by atomic mass is 9.91. The van der Waals surface area contributed by atoms with Crippen LogP contribution in [0.3, 0.4) is 0 Å². The number of aliphatic hydroxyl groups excluding tert-OH is 1. The molecule has 6 nitrogen and oxygen atoms in total. The summed E-state index contributed by atoms with van der Waals surface area (Å²) in [5.74, 6) is -1.10. The van der Waals surface area contributed by atoms with E-state index < -0.39 is 11.8 Å². The SMILES string of the molecule is NCCNC(=O)C(=O)N(CCCO)C1CCC1. The van der Waals surface area contributed by atoms with Gasteiger partial charge in [-0.15, -0.1) is 0 Å². The molecule has 0 saturated heterocycles. The van der Waals surface area contributed by atoms with Crippen molar-refractivity contribution < 1.29 is 14.7 Å². The van der Waals surface area contributed by atoms with Crippen LogP contribution in [-0.2, 0) is 9.59 Å². The third-order valence-electron chi connectivity index (χ3n) is 2.96. The number of nitrogens with zero attached hydrogens (tertiary/aromatic N) is 1. The van der Waals surface area contributed by atoms with Gasteiger partial charge in [-0.2, -0.15) is 0 Å². The molecule has 1 fully saturated rings. The van der Waals surface area contributed by atoms with E-state index in [1.165, 1.54) is 0 Å². The molecule has 0 unspecified atom stereocenters. The second kappa shape index (κ2) is 7.24. The van der Waals surface area contributed by atoms with E-state index in [1.807, 2.05) is 0 Å². The Morgan fingerprint density at radius 3 is 2.59 bits per heavy atom. The third kappa shape index (κ3) is 3.98. The van der Waals surface area contributed by atoms with Gasteiger partial charge in [0.25, 0.3) is 0 Å². The molecule has 98 valence electrons. The standard InChI is InChI=1S/C11H21N3O3/c12-5-6-13-10(16)11(17)14(7-2-8-15)9-3-1-4-9/h9,15H,1-8,12H2,(H,13,16). The van der Waals surface area contributed by atoms with Gasteiger partial charge in [0.1, 0.15) is 0 Å². The summed E-state index contributed by atoms with van der Waals surface area (Å²) in [6, 6.07) is 0.165. The Kier molecular flexibility index (Phi) is 5.93. The second-order valence-electron chi connectivity index (χ2n) is 4.21. The first-order valence-electron chi connectivity index (χ1n) is 6.10. The number of carbonyl (C=O) groups excluding carboxylic acids is 2. The van der Waals surface area contributed by atoms with Crippen molar-refractivity contribution in [3.05, 3.63) is 0 Å². The average molecular weight is 243 g/mol. The van der Waals surface area contributed by atoms with E-state index in [0.717, 1.165) is 19.3 Å². The number of amides is 2. The third-order valence-corrected chi connectivity index (χ3v) is 2.96. The molecule has 2 amide bonds. The Bertz CT molecular complexity index is 267. The van der Waals surface area contributed by atoms with Gasteiger partial charge in [-0.25, -0.2) is 0 Å². The van der Waals surface area contributed by atoms with Crippen molar-refractivity contribution in [3.63, 3.8) is 0 Å². The Morgan fingerprint density at radius 1 is 1.41 bits per heavy atom. The molecule has 0 aliphatic heterocycles. The summed E-state index contributed by atoms with van der Waals surface area (Å²) < 4.78 is 0. The van der Waals surface area contributed by atoms with Crippen molar-refractivity contribution in [1.29, 1.82) is 0 Å². The summed E-state index contributed by atoms with van der Waals surface area (Å²) in [6.45, 7) is 1.10. The van der Waals surface area contributed by atoms with Gasteiger partial charge in [0.15, 0.2) is 0 Å². The van der Waals surface area contributed by atoms with E-state index in [9.17, 15) is 9.59 Å². The van der Waals surface area contributed by atoms with Crippen LogP contribution in [0.15, 0.2) is 0 Å². The van der Waals surface area contributed by atoms with E-state index in [1.54, 1.807) is 4.90 Å². The molecule has 1 aliphatic rings. The number of nitrogens with one attached hydrogen (secondary N) is 1. The zero-order valence-electron chi connectivity index (χ0n) is 10.0. The van der Waals surface area contributed by atoms with Crippen LogP contribution >= 0.6 is 0 Å². The van der Waals surface area contributed by atoms with Crippen LogP contribution in [0.4, 0.5) is 0 Å². The molecule has 0 aromatic rings. The van der Waals surface area contributed by atoms with Crippen LogP contribution in [0.5, 0.6) is 0 Å². The summed E-state index contributed by atoms with van der Waals surface area (Å²) in [6.07, 6.45) is 3.49. The number of nitrogens with two attached hydrogens (primary N) is 1. The summed E-state index contributed by atoms with van der Waals surface area (Å²) >= 11 is 0. The van der Waals surface area contributed by atoms with Crippen LogP contribution in [0.25, 0.3) is 0 Å². The van der Waals surface area contributed by atoms with Crippen LogP contribution < -0.4 is 11.1 Å². The van der Waals surface area contributed by atoms with Crippen LogP contribution in [-0.4, -0.2) is 54.1 Å². The summed E-state index contributed by atoms with van der Waals surface area (Å²) in [5.41, 5.74) is 5.26. The number of hydrogen-bond acceptors (Lipinski definition) is 4. The smallest absolute Gasteiger partial charge is 0.312 e. The number of carbonyl (C=O) groups is 2. The normalized spacial score (nSPS) is 15.2. The van der Waals surface area contributed by atoms with Crippen molar-refractivity contribution >= 4 is 11.8 Å². The first-order chi connectivity index (χ1) is 8.20. The monoisotopic (exact) mass is 243 g/mol. The van der Waals surface area contributed by atoms with Crippen molar-refractivity contribution in [1.82, 2.24) is 10.2 Å². The molecule has 0 heterocycles. The maximum Gasteiger partial charge on any atom is 0.312 e. The van der Waals surface area contributed by atoms with E-state index >= 15 is 0 Å². The van der Waals surface area contributed by atoms with Crippen LogP contribution in [0.2, 0.25) is 0 Å². The fraction of sp³-hybridized carbons (Fsp3) is 0.818. The fourth-order valence-corrected chi connectivity index (χ4v) is 1.78. The van der Waals surface area contributed by atoms with E-state index in [2.05, 4.69) is 5.32 Å². The van der Waals surface area contributed by atoms with Gasteiger partial charge in [-0.1, -0.05) is 0 Å². The minimum Gasteiger partial charge on any atom is -0.396 e. The highest BCUT2D eigenvalue weighted by atomic mass is 16.3. The topological polar surface area (TPSA) is 95.7 Å². The van der Waals surface area contributed by atoms with Crippen molar-refractivity contribution in [2.45, 2.75) is 31.7 Å². The van der Waals surface area contributed by atoms with Crippen molar-refractivity contribution in [2.75, 3.05) is 26.2 Å². The van der Waals surface area contributed by atoms with Gasteiger partial charge < -0.3 is 21.1 Å². The maximum atomic E-state index is 11.9. The highest BCUT2D eigenvalue weighted by Crippen LogP contribution is 2.24. The first-order valence-corrected chi connectivity index (χ1v) is 6.10. The van der Waals surface area contributed by atoms with Crippen molar-refractivity contribution in [2.24, 2.45) is 5.73 Å². The summed E-state index contributed by atoms with van der Waals surface area (Å²) in [5, 5.41) is 11.3. The molecular formula is C11H21N3O3. The quantitative estimate of drug-likeness (QED) is 0.512. The predicted molar refractivity (Wildman–Crippen MR) is 63.1 cm³/mol. The molecule has 0 bridgehead atoms. The molecule has 1 saturated carbocycles. The highest BCUT2D eigenvalue weighted by molar-refractivity contribution is 6.35. The fourth-order valence-electron chi connectivity index (χ4n) is 1.78. The van der Waals surface area contributed by atoms with Crippen LogP contribution in [0.1, 0.15) is 25.7 Å². The maximum absolute atomic E-state index is 11.9.